The minimum Gasteiger partial charge on any atom is -0.472 e. The van der Waals surface area contributed by atoms with Gasteiger partial charge < -0.3 is 15.2 Å². The van der Waals surface area contributed by atoms with Crippen LogP contribution in [0.15, 0.2) is 18.3 Å². The summed E-state index contributed by atoms with van der Waals surface area (Å²) < 4.78 is 28.9. The van der Waals surface area contributed by atoms with Crippen molar-refractivity contribution in [2.45, 2.75) is 26.7 Å². The largest absolute Gasteiger partial charge is 0.472 e. The number of amides is 1. The van der Waals surface area contributed by atoms with Crippen LogP contribution >= 0.6 is 0 Å². The topological polar surface area (TPSA) is 71.5 Å². The highest BCUT2D eigenvalue weighted by molar-refractivity contribution is 5.94. The average Bonchev–Trinajstić information content (AvgIpc) is 2.43. The van der Waals surface area contributed by atoms with E-state index in [2.05, 4.69) is 10.3 Å². The molecule has 1 aromatic heterocycles. The summed E-state index contributed by atoms with van der Waals surface area (Å²) in [4.78, 5) is 15.7. The van der Waals surface area contributed by atoms with Gasteiger partial charge in [-0.15, -0.1) is 0 Å². The standard InChI is InChI=1S/C14H20F2N2O3/c1-14(2,4-6-19)9-18-13(20)10-3-5-17-12(7-10)21-8-11(15)16/h3,5,7,11,19H,4,6,8-9H2,1-2H3,(H,18,20). The van der Waals surface area contributed by atoms with E-state index in [1.165, 1.54) is 18.3 Å². The molecule has 0 aromatic carbocycles. The fraction of sp³-hybridized carbons (Fsp3) is 0.571. The van der Waals surface area contributed by atoms with Gasteiger partial charge in [-0.3, -0.25) is 4.79 Å². The van der Waals surface area contributed by atoms with Gasteiger partial charge in [0.15, 0.2) is 6.61 Å². The fourth-order valence-electron chi connectivity index (χ4n) is 1.59. The average molecular weight is 302 g/mol. The third-order valence-electron chi connectivity index (χ3n) is 2.87. The number of aliphatic hydroxyl groups excluding tert-OH is 1. The van der Waals surface area contributed by atoms with E-state index in [9.17, 15) is 13.6 Å². The molecular weight excluding hydrogens is 282 g/mol. The number of halogens is 2. The Kier molecular flexibility index (Phi) is 6.48. The van der Waals surface area contributed by atoms with Crippen molar-refractivity contribution in [1.29, 1.82) is 0 Å². The number of ether oxygens (including phenoxy) is 1. The van der Waals surface area contributed by atoms with E-state index in [1.807, 2.05) is 13.8 Å². The Morgan fingerprint density at radius 2 is 2.24 bits per heavy atom. The van der Waals surface area contributed by atoms with Crippen molar-refractivity contribution in [3.05, 3.63) is 23.9 Å². The lowest BCUT2D eigenvalue weighted by molar-refractivity contribution is 0.0794. The third kappa shape index (κ3) is 6.48. The number of carbonyl (C=O) groups is 1. The summed E-state index contributed by atoms with van der Waals surface area (Å²) in [6.07, 6.45) is -0.704. The maximum Gasteiger partial charge on any atom is 0.272 e. The summed E-state index contributed by atoms with van der Waals surface area (Å²) in [5, 5.41) is 11.7. The predicted octanol–water partition coefficient (Wildman–Crippen LogP) is 1.86. The number of hydrogen-bond donors (Lipinski definition) is 2. The molecule has 0 unspecified atom stereocenters. The first kappa shape index (κ1) is 17.3. The number of nitrogens with zero attached hydrogens (tertiary/aromatic N) is 1. The minimum absolute atomic E-state index is 0.0161. The van der Waals surface area contributed by atoms with Crippen molar-refractivity contribution in [3.63, 3.8) is 0 Å². The van der Waals surface area contributed by atoms with Gasteiger partial charge in [0.1, 0.15) is 0 Å². The van der Waals surface area contributed by atoms with E-state index in [0.29, 0.717) is 13.0 Å². The zero-order valence-corrected chi connectivity index (χ0v) is 12.1. The van der Waals surface area contributed by atoms with Gasteiger partial charge in [-0.05, 0) is 17.9 Å². The number of carbonyl (C=O) groups excluding carboxylic acids is 1. The summed E-state index contributed by atoms with van der Waals surface area (Å²) in [6.45, 7) is 3.52. The molecule has 5 nitrogen and oxygen atoms in total. The van der Waals surface area contributed by atoms with E-state index in [0.717, 1.165) is 0 Å². The minimum atomic E-state index is -2.59. The van der Waals surface area contributed by atoms with Crippen LogP contribution in [-0.2, 0) is 0 Å². The van der Waals surface area contributed by atoms with Crippen LogP contribution in [0.1, 0.15) is 30.6 Å². The summed E-state index contributed by atoms with van der Waals surface area (Å²) in [5.41, 5.74) is 0.0565. The molecular formula is C14H20F2N2O3. The van der Waals surface area contributed by atoms with Crippen LogP contribution in [0.3, 0.4) is 0 Å². The second-order valence-electron chi connectivity index (χ2n) is 5.41. The quantitative estimate of drug-likeness (QED) is 0.769. The summed E-state index contributed by atoms with van der Waals surface area (Å²) in [6, 6.07) is 2.79. The maximum absolute atomic E-state index is 12.1. The Hall–Kier alpha value is -1.76. The van der Waals surface area contributed by atoms with Crippen molar-refractivity contribution >= 4 is 5.91 Å². The Bertz CT molecular complexity index is 467. The number of alkyl halides is 2. The lowest BCUT2D eigenvalue weighted by Crippen LogP contribution is -2.34. The molecule has 0 aliphatic heterocycles. The number of hydrogen-bond acceptors (Lipinski definition) is 4. The van der Waals surface area contributed by atoms with Crippen molar-refractivity contribution in [3.8, 4) is 5.88 Å². The van der Waals surface area contributed by atoms with Crippen LogP contribution in [0.2, 0.25) is 0 Å². The van der Waals surface area contributed by atoms with Gasteiger partial charge in [-0.1, -0.05) is 13.8 Å². The van der Waals surface area contributed by atoms with E-state index in [-0.39, 0.29) is 29.4 Å². The molecule has 0 spiro atoms. The normalized spacial score (nSPS) is 11.5. The number of nitrogens with one attached hydrogen (secondary N) is 1. The van der Waals surface area contributed by atoms with E-state index in [4.69, 9.17) is 9.84 Å². The first-order chi connectivity index (χ1) is 9.84. The molecule has 0 atom stereocenters. The molecule has 0 saturated heterocycles. The molecule has 0 saturated carbocycles. The van der Waals surface area contributed by atoms with Gasteiger partial charge in [-0.2, -0.15) is 0 Å². The Morgan fingerprint density at radius 1 is 1.52 bits per heavy atom. The van der Waals surface area contributed by atoms with Crippen LogP contribution in [0.25, 0.3) is 0 Å². The van der Waals surface area contributed by atoms with E-state index < -0.39 is 13.0 Å². The molecule has 1 amide bonds. The summed E-state index contributed by atoms with van der Waals surface area (Å²) >= 11 is 0. The lowest BCUT2D eigenvalue weighted by Gasteiger charge is -2.23. The first-order valence-corrected chi connectivity index (χ1v) is 6.60. The number of pyridine rings is 1. The smallest absolute Gasteiger partial charge is 0.272 e. The Labute approximate surface area is 122 Å². The molecule has 0 bridgehead atoms. The first-order valence-electron chi connectivity index (χ1n) is 6.60. The van der Waals surface area contributed by atoms with Gasteiger partial charge in [0.05, 0.1) is 0 Å². The van der Waals surface area contributed by atoms with Gasteiger partial charge in [-0.25, -0.2) is 13.8 Å². The number of rotatable bonds is 8. The zero-order valence-electron chi connectivity index (χ0n) is 12.1. The van der Waals surface area contributed by atoms with Crippen molar-refractivity contribution in [2.24, 2.45) is 5.41 Å². The van der Waals surface area contributed by atoms with Crippen LogP contribution in [0, 0.1) is 5.41 Å². The van der Waals surface area contributed by atoms with Crippen LogP contribution in [-0.4, -0.2) is 42.2 Å². The molecule has 1 rings (SSSR count). The Balaban J connectivity index is 2.60. The molecule has 21 heavy (non-hydrogen) atoms. The lowest BCUT2D eigenvalue weighted by atomic mass is 9.89. The van der Waals surface area contributed by atoms with Gasteiger partial charge in [0.2, 0.25) is 5.88 Å². The van der Waals surface area contributed by atoms with Crippen LogP contribution in [0.5, 0.6) is 5.88 Å². The molecule has 1 heterocycles. The number of aliphatic hydroxyl groups is 1. The predicted molar refractivity (Wildman–Crippen MR) is 73.6 cm³/mol. The molecule has 1 aromatic rings. The Morgan fingerprint density at radius 3 is 2.86 bits per heavy atom. The highest BCUT2D eigenvalue weighted by Crippen LogP contribution is 2.18. The van der Waals surface area contributed by atoms with Crippen molar-refractivity contribution in [1.82, 2.24) is 10.3 Å². The van der Waals surface area contributed by atoms with Crippen molar-refractivity contribution in [2.75, 3.05) is 19.8 Å². The highest BCUT2D eigenvalue weighted by Gasteiger charge is 2.19. The highest BCUT2D eigenvalue weighted by atomic mass is 19.3. The molecule has 0 radical (unpaired) electrons. The molecule has 0 aliphatic carbocycles. The third-order valence-corrected chi connectivity index (χ3v) is 2.87. The zero-order chi connectivity index (χ0) is 15.9. The summed E-state index contributed by atoms with van der Waals surface area (Å²) in [7, 11) is 0. The van der Waals surface area contributed by atoms with Crippen LogP contribution in [0.4, 0.5) is 8.78 Å². The van der Waals surface area contributed by atoms with Gasteiger partial charge in [0.25, 0.3) is 12.3 Å². The SMILES string of the molecule is CC(C)(CCO)CNC(=O)c1ccnc(OCC(F)F)c1. The molecule has 0 aliphatic rings. The second kappa shape index (κ2) is 7.87. The maximum atomic E-state index is 12.1. The second-order valence-corrected chi connectivity index (χ2v) is 5.41. The fourth-order valence-corrected chi connectivity index (χ4v) is 1.59. The van der Waals surface area contributed by atoms with Crippen molar-refractivity contribution < 1.29 is 23.4 Å². The van der Waals surface area contributed by atoms with E-state index in [1.54, 1.807) is 0 Å². The van der Waals surface area contributed by atoms with Gasteiger partial charge in [0, 0.05) is 31.0 Å². The molecule has 2 N–H and O–H groups in total. The van der Waals surface area contributed by atoms with Gasteiger partial charge >= 0.3 is 0 Å². The van der Waals surface area contributed by atoms with E-state index >= 15 is 0 Å². The monoisotopic (exact) mass is 302 g/mol. The molecule has 0 fully saturated rings. The molecule has 118 valence electrons. The number of aromatic nitrogens is 1. The van der Waals surface area contributed by atoms with Crippen LogP contribution < -0.4 is 10.1 Å². The molecule has 7 heteroatoms. The summed E-state index contributed by atoms with van der Waals surface area (Å²) in [5.74, 6) is -0.358.